The van der Waals surface area contributed by atoms with Crippen LogP contribution in [0.2, 0.25) is 0 Å². The van der Waals surface area contributed by atoms with Gasteiger partial charge in [-0.2, -0.15) is 4.31 Å². The largest absolute Gasteiger partial charge is 0.352 e. The number of imidazole rings is 1. The zero-order valence-electron chi connectivity index (χ0n) is 16.1. The highest BCUT2D eigenvalue weighted by Gasteiger charge is 2.27. The third-order valence-corrected chi connectivity index (χ3v) is 7.05. The second kappa shape index (κ2) is 8.34. The Bertz CT molecular complexity index is 1070. The lowest BCUT2D eigenvalue weighted by atomic mass is 10.2. The summed E-state index contributed by atoms with van der Waals surface area (Å²) in [6.45, 7) is 1.65. The number of hydrogen-bond acceptors (Lipinski definition) is 4. The molecule has 0 bridgehead atoms. The van der Waals surface area contributed by atoms with E-state index in [-0.39, 0.29) is 10.8 Å². The van der Waals surface area contributed by atoms with Gasteiger partial charge >= 0.3 is 0 Å². The monoisotopic (exact) mass is 412 g/mol. The Balaban J connectivity index is 1.29. The summed E-state index contributed by atoms with van der Waals surface area (Å²) in [5, 5.41) is 2.88. The number of para-hydroxylation sites is 2. The Labute approximate surface area is 170 Å². The average Bonchev–Trinajstić information content (AvgIpc) is 3.41. The number of hydrogen-bond donors (Lipinski definition) is 2. The van der Waals surface area contributed by atoms with Crippen molar-refractivity contribution >= 4 is 27.0 Å². The number of aromatic amines is 1. The molecule has 0 aliphatic carbocycles. The van der Waals surface area contributed by atoms with Gasteiger partial charge in [0.05, 0.1) is 15.9 Å². The Morgan fingerprint density at radius 2 is 1.79 bits per heavy atom. The molecule has 29 heavy (non-hydrogen) atoms. The van der Waals surface area contributed by atoms with E-state index in [4.69, 9.17) is 0 Å². The smallest absolute Gasteiger partial charge is 0.251 e. The van der Waals surface area contributed by atoms with E-state index < -0.39 is 10.0 Å². The second-order valence-electron chi connectivity index (χ2n) is 7.20. The molecule has 3 aromatic rings. The molecule has 7 nitrogen and oxygen atoms in total. The second-order valence-corrected chi connectivity index (χ2v) is 9.13. The lowest BCUT2D eigenvalue weighted by Gasteiger charge is -2.15. The van der Waals surface area contributed by atoms with Crippen molar-refractivity contribution in [1.29, 1.82) is 0 Å². The van der Waals surface area contributed by atoms with Crippen molar-refractivity contribution in [2.75, 3.05) is 19.6 Å². The molecule has 0 saturated carbocycles. The van der Waals surface area contributed by atoms with E-state index in [1.54, 1.807) is 12.1 Å². The Kier molecular flexibility index (Phi) is 5.64. The average molecular weight is 413 g/mol. The van der Waals surface area contributed by atoms with Crippen LogP contribution >= 0.6 is 0 Å². The van der Waals surface area contributed by atoms with Gasteiger partial charge in [0.25, 0.3) is 5.91 Å². The van der Waals surface area contributed by atoms with Crippen LogP contribution in [0.3, 0.4) is 0 Å². The summed E-state index contributed by atoms with van der Waals surface area (Å²) in [5.74, 6) is 0.691. The first-order valence-electron chi connectivity index (χ1n) is 9.86. The zero-order valence-corrected chi connectivity index (χ0v) is 16.9. The number of amides is 1. The molecular formula is C21H24N4O3S. The van der Waals surface area contributed by atoms with E-state index in [1.807, 2.05) is 24.3 Å². The van der Waals surface area contributed by atoms with Gasteiger partial charge in [0.2, 0.25) is 10.0 Å². The van der Waals surface area contributed by atoms with E-state index in [0.29, 0.717) is 25.2 Å². The van der Waals surface area contributed by atoms with Crippen LogP contribution < -0.4 is 5.32 Å². The Morgan fingerprint density at radius 3 is 2.52 bits per heavy atom. The number of aryl methyl sites for hydroxylation is 1. The minimum atomic E-state index is -3.45. The predicted octanol–water partition coefficient (Wildman–Crippen LogP) is 2.71. The molecule has 1 aliphatic rings. The highest BCUT2D eigenvalue weighted by molar-refractivity contribution is 7.89. The molecule has 1 fully saturated rings. The number of fused-ring (bicyclic) bond motifs is 1. The van der Waals surface area contributed by atoms with Crippen LogP contribution in [0.15, 0.2) is 53.4 Å². The van der Waals surface area contributed by atoms with Crippen LogP contribution in [0.4, 0.5) is 0 Å². The molecule has 152 valence electrons. The van der Waals surface area contributed by atoms with Gasteiger partial charge < -0.3 is 10.3 Å². The summed E-state index contributed by atoms with van der Waals surface area (Å²) < 4.78 is 26.6. The van der Waals surface area contributed by atoms with E-state index in [0.717, 1.165) is 42.5 Å². The molecule has 1 saturated heterocycles. The lowest BCUT2D eigenvalue weighted by molar-refractivity contribution is 0.0953. The first kappa shape index (κ1) is 19.6. The standard InChI is InChI=1S/C21H24N4O3S/c26-21(22-13-5-8-20-23-18-6-1-2-7-19(18)24-20)16-9-11-17(12-10-16)29(27,28)25-14-3-4-15-25/h1-2,6-7,9-12H,3-5,8,13-15H2,(H,22,26)(H,23,24). The molecule has 1 aliphatic heterocycles. The molecule has 0 spiro atoms. The van der Waals surface area contributed by atoms with Gasteiger partial charge in [-0.3, -0.25) is 4.79 Å². The van der Waals surface area contributed by atoms with Crippen LogP contribution in [0, 0.1) is 0 Å². The van der Waals surface area contributed by atoms with Gasteiger partial charge in [0.15, 0.2) is 0 Å². The molecule has 1 aromatic heterocycles. The molecule has 0 unspecified atom stereocenters. The van der Waals surface area contributed by atoms with Crippen LogP contribution in [0.1, 0.15) is 35.4 Å². The van der Waals surface area contributed by atoms with Crippen molar-refractivity contribution < 1.29 is 13.2 Å². The number of benzene rings is 2. The number of aromatic nitrogens is 2. The Hall–Kier alpha value is -2.71. The van der Waals surface area contributed by atoms with Gasteiger partial charge in [0, 0.05) is 31.6 Å². The van der Waals surface area contributed by atoms with E-state index in [2.05, 4.69) is 15.3 Å². The number of nitrogens with one attached hydrogen (secondary N) is 2. The molecule has 1 amide bonds. The summed E-state index contributed by atoms with van der Waals surface area (Å²) in [6, 6.07) is 14.0. The number of carbonyl (C=O) groups is 1. The normalized spacial score (nSPS) is 15.0. The van der Waals surface area contributed by atoms with Crippen molar-refractivity contribution in [2.24, 2.45) is 0 Å². The number of H-pyrrole nitrogens is 1. The van der Waals surface area contributed by atoms with Crippen molar-refractivity contribution in [2.45, 2.75) is 30.6 Å². The highest BCUT2D eigenvalue weighted by Crippen LogP contribution is 2.21. The van der Waals surface area contributed by atoms with Crippen molar-refractivity contribution in [3.63, 3.8) is 0 Å². The fraction of sp³-hybridized carbons (Fsp3) is 0.333. The van der Waals surface area contributed by atoms with E-state index in [9.17, 15) is 13.2 Å². The number of rotatable bonds is 7. The van der Waals surface area contributed by atoms with Gasteiger partial charge in [-0.15, -0.1) is 0 Å². The fourth-order valence-electron chi connectivity index (χ4n) is 3.54. The summed E-state index contributed by atoms with van der Waals surface area (Å²) in [6.07, 6.45) is 3.29. The topological polar surface area (TPSA) is 95.2 Å². The maximum atomic E-state index is 12.5. The molecular weight excluding hydrogens is 388 g/mol. The van der Waals surface area contributed by atoms with Crippen LogP contribution in [-0.2, 0) is 16.4 Å². The summed E-state index contributed by atoms with van der Waals surface area (Å²) in [7, 11) is -3.45. The Morgan fingerprint density at radius 1 is 1.07 bits per heavy atom. The SMILES string of the molecule is O=C(NCCCc1nc2ccccc2[nH]1)c1ccc(S(=O)(=O)N2CCCC2)cc1. The maximum Gasteiger partial charge on any atom is 0.251 e. The fourth-order valence-corrected chi connectivity index (χ4v) is 5.06. The van der Waals surface area contributed by atoms with Crippen molar-refractivity contribution in [3.8, 4) is 0 Å². The van der Waals surface area contributed by atoms with Gasteiger partial charge in [-0.05, 0) is 55.7 Å². The molecule has 0 atom stereocenters. The summed E-state index contributed by atoms with van der Waals surface area (Å²) in [5.41, 5.74) is 2.40. The number of nitrogens with zero attached hydrogens (tertiary/aromatic N) is 2. The van der Waals surface area contributed by atoms with Crippen LogP contribution in [0.25, 0.3) is 11.0 Å². The molecule has 2 heterocycles. The van der Waals surface area contributed by atoms with Gasteiger partial charge in [-0.1, -0.05) is 12.1 Å². The summed E-state index contributed by atoms with van der Waals surface area (Å²) in [4.78, 5) is 20.4. The van der Waals surface area contributed by atoms with Crippen LogP contribution in [-0.4, -0.2) is 48.2 Å². The molecule has 2 aromatic carbocycles. The lowest BCUT2D eigenvalue weighted by Crippen LogP contribution is -2.28. The minimum absolute atomic E-state index is 0.209. The summed E-state index contributed by atoms with van der Waals surface area (Å²) >= 11 is 0. The molecule has 8 heteroatoms. The van der Waals surface area contributed by atoms with E-state index in [1.165, 1.54) is 16.4 Å². The third kappa shape index (κ3) is 4.33. The first-order chi connectivity index (χ1) is 14.0. The van der Waals surface area contributed by atoms with Crippen molar-refractivity contribution in [3.05, 3.63) is 59.9 Å². The number of sulfonamides is 1. The first-order valence-corrected chi connectivity index (χ1v) is 11.3. The van der Waals surface area contributed by atoms with Crippen LogP contribution in [0.5, 0.6) is 0 Å². The predicted molar refractivity (Wildman–Crippen MR) is 111 cm³/mol. The molecule has 2 N–H and O–H groups in total. The van der Waals surface area contributed by atoms with Gasteiger partial charge in [-0.25, -0.2) is 13.4 Å². The highest BCUT2D eigenvalue weighted by atomic mass is 32.2. The molecule has 4 rings (SSSR count). The van der Waals surface area contributed by atoms with Crippen molar-refractivity contribution in [1.82, 2.24) is 19.6 Å². The third-order valence-electron chi connectivity index (χ3n) is 5.13. The zero-order chi connectivity index (χ0) is 20.3. The maximum absolute atomic E-state index is 12.5. The number of carbonyl (C=O) groups excluding carboxylic acids is 1. The quantitative estimate of drug-likeness (QED) is 0.583. The minimum Gasteiger partial charge on any atom is -0.352 e. The molecule has 0 radical (unpaired) electrons. The van der Waals surface area contributed by atoms with Gasteiger partial charge in [0.1, 0.15) is 5.82 Å². The van der Waals surface area contributed by atoms with E-state index >= 15 is 0 Å².